The number of rotatable bonds is 6. The molecule has 0 aliphatic heterocycles. The second kappa shape index (κ2) is 9.32. The maximum absolute atomic E-state index is 12.7. The van der Waals surface area contributed by atoms with Crippen molar-refractivity contribution in [2.45, 2.75) is 56.4 Å². The number of ether oxygens (including phenoxy) is 1. The summed E-state index contributed by atoms with van der Waals surface area (Å²) in [7, 11) is 0. The molecular weight excluding hydrogens is 382 g/mol. The zero-order valence-corrected chi connectivity index (χ0v) is 17.1. The van der Waals surface area contributed by atoms with Gasteiger partial charge < -0.3 is 10.1 Å². The predicted octanol–water partition coefficient (Wildman–Crippen LogP) is 4.10. The van der Waals surface area contributed by atoms with E-state index in [1.807, 2.05) is 0 Å². The molecule has 3 rings (SSSR count). The van der Waals surface area contributed by atoms with Crippen molar-refractivity contribution < 1.29 is 14.3 Å². The monoisotopic (exact) mass is 405 g/mol. The first kappa shape index (κ1) is 19.8. The topological polar surface area (TPSA) is 81.2 Å². The van der Waals surface area contributed by atoms with Crippen molar-refractivity contribution in [2.75, 3.05) is 11.9 Å². The van der Waals surface area contributed by atoms with Crippen molar-refractivity contribution in [1.29, 1.82) is 0 Å². The molecule has 27 heavy (non-hydrogen) atoms. The van der Waals surface area contributed by atoms with E-state index in [0.29, 0.717) is 22.3 Å². The molecule has 1 N–H and O–H groups in total. The lowest BCUT2D eigenvalue weighted by molar-refractivity contribution is -0.115. The highest BCUT2D eigenvalue weighted by Crippen LogP contribution is 2.38. The van der Waals surface area contributed by atoms with Crippen LogP contribution >= 0.6 is 23.1 Å². The highest BCUT2D eigenvalue weighted by molar-refractivity contribution is 8.00. The van der Waals surface area contributed by atoms with Gasteiger partial charge in [0, 0.05) is 17.3 Å². The third-order valence-electron chi connectivity index (χ3n) is 4.33. The molecule has 0 saturated carbocycles. The molecule has 144 valence electrons. The van der Waals surface area contributed by atoms with Crippen LogP contribution in [-0.2, 0) is 22.4 Å². The molecule has 0 bridgehead atoms. The average Bonchev–Trinajstić information content (AvgIpc) is 2.83. The van der Waals surface area contributed by atoms with Gasteiger partial charge in [0.05, 0.1) is 17.4 Å². The first-order valence-electron chi connectivity index (χ1n) is 9.16. The SMILES string of the molecule is CCOC(=O)c1c(NC(=O)C(C)Sc2ncccn2)sc2c1CCCCC2. The molecule has 0 radical (unpaired) electrons. The number of aryl methyl sites for hydroxylation is 1. The number of carbonyl (C=O) groups is 2. The molecule has 0 saturated heterocycles. The fraction of sp³-hybridized carbons (Fsp3) is 0.474. The lowest BCUT2D eigenvalue weighted by atomic mass is 10.1. The molecule has 6 nitrogen and oxygen atoms in total. The van der Waals surface area contributed by atoms with E-state index >= 15 is 0 Å². The first-order valence-corrected chi connectivity index (χ1v) is 10.9. The molecule has 2 aromatic heterocycles. The van der Waals surface area contributed by atoms with Crippen molar-refractivity contribution in [3.63, 3.8) is 0 Å². The van der Waals surface area contributed by atoms with Crippen LogP contribution in [0.15, 0.2) is 23.6 Å². The molecule has 1 amide bonds. The Morgan fingerprint density at radius 3 is 2.74 bits per heavy atom. The van der Waals surface area contributed by atoms with Crippen molar-refractivity contribution in [3.8, 4) is 0 Å². The molecule has 0 aromatic carbocycles. The fourth-order valence-electron chi connectivity index (χ4n) is 3.02. The van der Waals surface area contributed by atoms with E-state index < -0.39 is 0 Å². The lowest BCUT2D eigenvalue weighted by Crippen LogP contribution is -2.23. The maximum Gasteiger partial charge on any atom is 0.341 e. The molecule has 0 spiro atoms. The zero-order valence-electron chi connectivity index (χ0n) is 15.5. The Morgan fingerprint density at radius 1 is 1.26 bits per heavy atom. The normalized spacial score (nSPS) is 14.7. The number of nitrogens with zero attached hydrogens (tertiary/aromatic N) is 2. The first-order chi connectivity index (χ1) is 13.1. The number of esters is 1. The van der Waals surface area contributed by atoms with Gasteiger partial charge in [-0.05, 0) is 51.2 Å². The molecular formula is C19H23N3O3S2. The van der Waals surface area contributed by atoms with Crippen molar-refractivity contribution in [1.82, 2.24) is 9.97 Å². The number of fused-ring (bicyclic) bond motifs is 1. The van der Waals surface area contributed by atoms with E-state index in [4.69, 9.17) is 4.74 Å². The van der Waals surface area contributed by atoms with Crippen LogP contribution < -0.4 is 5.32 Å². The summed E-state index contributed by atoms with van der Waals surface area (Å²) in [5.41, 5.74) is 1.60. The number of thiophene rings is 1. The van der Waals surface area contributed by atoms with Gasteiger partial charge in [-0.25, -0.2) is 14.8 Å². The molecule has 2 aromatic rings. The number of hydrogen-bond donors (Lipinski definition) is 1. The summed E-state index contributed by atoms with van der Waals surface area (Å²) in [6.45, 7) is 3.91. The van der Waals surface area contributed by atoms with Crippen LogP contribution in [0, 0.1) is 0 Å². The number of carbonyl (C=O) groups excluding carboxylic acids is 2. The van der Waals surface area contributed by atoms with Crippen molar-refractivity contribution in [2.24, 2.45) is 0 Å². The van der Waals surface area contributed by atoms with E-state index in [-0.39, 0.29) is 17.1 Å². The van der Waals surface area contributed by atoms with Crippen LogP contribution in [-0.4, -0.2) is 33.7 Å². The minimum atomic E-state index is -0.385. The molecule has 1 aliphatic rings. The molecule has 1 unspecified atom stereocenters. The molecule has 8 heteroatoms. The van der Waals surface area contributed by atoms with Gasteiger partial charge in [-0.2, -0.15) is 0 Å². The average molecular weight is 406 g/mol. The molecule has 0 fully saturated rings. The highest BCUT2D eigenvalue weighted by atomic mass is 32.2. The molecule has 2 heterocycles. The number of nitrogens with one attached hydrogen (secondary N) is 1. The van der Waals surface area contributed by atoms with Gasteiger partial charge in [0.1, 0.15) is 5.00 Å². The number of aromatic nitrogens is 2. The summed E-state index contributed by atoms with van der Waals surface area (Å²) in [6, 6.07) is 1.74. The van der Waals surface area contributed by atoms with Gasteiger partial charge in [0.25, 0.3) is 0 Å². The smallest absolute Gasteiger partial charge is 0.341 e. The van der Waals surface area contributed by atoms with E-state index in [0.717, 1.165) is 37.7 Å². The van der Waals surface area contributed by atoms with E-state index in [1.165, 1.54) is 28.0 Å². The number of thioether (sulfide) groups is 1. The van der Waals surface area contributed by atoms with Crippen molar-refractivity contribution in [3.05, 3.63) is 34.5 Å². The Morgan fingerprint density at radius 2 is 2.00 bits per heavy atom. The summed E-state index contributed by atoms with van der Waals surface area (Å²) in [4.78, 5) is 34.7. The number of anilines is 1. The van der Waals surface area contributed by atoms with Gasteiger partial charge in [-0.1, -0.05) is 18.2 Å². The minimum absolute atomic E-state index is 0.172. The maximum atomic E-state index is 12.7. The van der Waals surface area contributed by atoms with Gasteiger partial charge in [0.2, 0.25) is 5.91 Å². The molecule has 1 aliphatic carbocycles. The fourth-order valence-corrected chi connectivity index (χ4v) is 5.03. The van der Waals surface area contributed by atoms with Gasteiger partial charge in [-0.3, -0.25) is 4.79 Å². The summed E-state index contributed by atoms with van der Waals surface area (Å²) in [5.74, 6) is -0.520. The standard InChI is InChI=1S/C19H23N3O3S2/c1-3-25-18(24)15-13-8-5-4-6-9-14(13)27-17(15)22-16(23)12(2)26-19-20-10-7-11-21-19/h7,10-12H,3-6,8-9H2,1-2H3,(H,22,23). The largest absolute Gasteiger partial charge is 0.462 e. The minimum Gasteiger partial charge on any atom is -0.462 e. The van der Waals surface area contributed by atoms with E-state index in [2.05, 4.69) is 15.3 Å². The van der Waals surface area contributed by atoms with Gasteiger partial charge in [0.15, 0.2) is 5.16 Å². The summed E-state index contributed by atoms with van der Waals surface area (Å²) in [6.07, 6.45) is 8.44. The van der Waals surface area contributed by atoms with E-state index in [9.17, 15) is 9.59 Å². The second-order valence-electron chi connectivity index (χ2n) is 6.27. The Kier molecular flexibility index (Phi) is 6.84. The van der Waals surface area contributed by atoms with Crippen LogP contribution in [0.4, 0.5) is 5.00 Å². The third-order valence-corrected chi connectivity index (χ3v) is 6.53. The van der Waals surface area contributed by atoms with Crippen LogP contribution in [0.2, 0.25) is 0 Å². The quantitative estimate of drug-likeness (QED) is 0.337. The van der Waals surface area contributed by atoms with Gasteiger partial charge >= 0.3 is 5.97 Å². The number of hydrogen-bond acceptors (Lipinski definition) is 7. The third kappa shape index (κ3) is 4.87. The summed E-state index contributed by atoms with van der Waals surface area (Å²) in [5, 5.41) is 3.72. The van der Waals surface area contributed by atoms with Gasteiger partial charge in [-0.15, -0.1) is 11.3 Å². The van der Waals surface area contributed by atoms with Crippen LogP contribution in [0.3, 0.4) is 0 Å². The van der Waals surface area contributed by atoms with E-state index in [1.54, 1.807) is 32.3 Å². The predicted molar refractivity (Wildman–Crippen MR) is 108 cm³/mol. The van der Waals surface area contributed by atoms with Crippen LogP contribution in [0.25, 0.3) is 0 Å². The Balaban J connectivity index is 1.80. The molecule has 1 atom stereocenters. The Bertz CT molecular complexity index is 808. The van der Waals surface area contributed by atoms with Crippen molar-refractivity contribution >= 4 is 40.0 Å². The number of amides is 1. The Hall–Kier alpha value is -1.93. The lowest BCUT2D eigenvalue weighted by Gasteiger charge is -2.12. The second-order valence-corrected chi connectivity index (χ2v) is 8.68. The van der Waals surface area contributed by atoms with Crippen LogP contribution in [0.5, 0.6) is 0 Å². The zero-order chi connectivity index (χ0) is 19.2. The summed E-state index contributed by atoms with van der Waals surface area (Å²) >= 11 is 2.80. The highest BCUT2D eigenvalue weighted by Gasteiger charge is 2.27. The summed E-state index contributed by atoms with van der Waals surface area (Å²) < 4.78 is 5.26. The van der Waals surface area contributed by atoms with Crippen LogP contribution in [0.1, 0.15) is 53.9 Å². The Labute approximate surface area is 167 Å².